The van der Waals surface area contributed by atoms with E-state index in [1.165, 1.54) is 14.1 Å². The van der Waals surface area contributed by atoms with E-state index in [0.29, 0.717) is 6.42 Å². The van der Waals surface area contributed by atoms with Crippen LogP contribution < -0.4 is 4.72 Å². The van der Waals surface area contributed by atoms with Crippen molar-refractivity contribution in [3.05, 3.63) is 12.7 Å². The number of hydrogen-bond donors (Lipinski definition) is 1. The standard InChI is InChI=1S/C8H14N2O3S/c1-4-6-5-7(6)8(11)9-14(12,13)10(2)3/h4,6-7H,1,5H2,2-3H3,(H,9,11)/t6-,7+/m1/s1. The molecule has 0 aromatic carbocycles. The van der Waals surface area contributed by atoms with Gasteiger partial charge in [-0.25, -0.2) is 4.72 Å². The van der Waals surface area contributed by atoms with Gasteiger partial charge in [0.25, 0.3) is 0 Å². The van der Waals surface area contributed by atoms with Gasteiger partial charge >= 0.3 is 10.2 Å². The molecule has 0 radical (unpaired) electrons. The van der Waals surface area contributed by atoms with E-state index < -0.39 is 16.1 Å². The third-order valence-electron chi connectivity index (χ3n) is 2.19. The fraction of sp³-hybridized carbons (Fsp3) is 0.625. The Morgan fingerprint density at radius 3 is 2.50 bits per heavy atom. The molecule has 1 aliphatic carbocycles. The van der Waals surface area contributed by atoms with Crippen molar-refractivity contribution in [1.29, 1.82) is 0 Å². The lowest BCUT2D eigenvalue weighted by atomic mass is 10.3. The number of allylic oxidation sites excluding steroid dienone is 1. The average molecular weight is 218 g/mol. The summed E-state index contributed by atoms with van der Waals surface area (Å²) in [6, 6.07) is 0. The summed E-state index contributed by atoms with van der Waals surface area (Å²) in [5, 5.41) is 0. The van der Waals surface area contributed by atoms with Crippen LogP contribution in [0.4, 0.5) is 0 Å². The lowest BCUT2D eigenvalue weighted by Crippen LogP contribution is -2.40. The van der Waals surface area contributed by atoms with Gasteiger partial charge in [0.2, 0.25) is 5.91 Å². The van der Waals surface area contributed by atoms with Gasteiger partial charge in [-0.05, 0) is 12.3 Å². The molecule has 1 aliphatic rings. The van der Waals surface area contributed by atoms with E-state index in [0.717, 1.165) is 4.31 Å². The van der Waals surface area contributed by atoms with Crippen LogP contribution in [0.3, 0.4) is 0 Å². The molecule has 80 valence electrons. The summed E-state index contributed by atoms with van der Waals surface area (Å²) in [5.74, 6) is -0.529. The second-order valence-corrected chi connectivity index (χ2v) is 5.38. The highest BCUT2D eigenvalue weighted by atomic mass is 32.2. The van der Waals surface area contributed by atoms with Crippen molar-refractivity contribution in [3.8, 4) is 0 Å². The number of nitrogens with one attached hydrogen (secondary N) is 1. The van der Waals surface area contributed by atoms with Gasteiger partial charge < -0.3 is 0 Å². The maximum absolute atomic E-state index is 11.3. The summed E-state index contributed by atoms with van der Waals surface area (Å²) in [4.78, 5) is 11.3. The molecular formula is C8H14N2O3S. The topological polar surface area (TPSA) is 66.5 Å². The van der Waals surface area contributed by atoms with Crippen LogP contribution in [-0.2, 0) is 15.0 Å². The lowest BCUT2D eigenvalue weighted by molar-refractivity contribution is -0.120. The van der Waals surface area contributed by atoms with Crippen LogP contribution in [0, 0.1) is 11.8 Å². The maximum Gasteiger partial charge on any atom is 0.303 e. The van der Waals surface area contributed by atoms with E-state index in [4.69, 9.17) is 0 Å². The molecule has 5 nitrogen and oxygen atoms in total. The van der Waals surface area contributed by atoms with Crippen LogP contribution in [0.2, 0.25) is 0 Å². The van der Waals surface area contributed by atoms with Gasteiger partial charge in [-0.15, -0.1) is 6.58 Å². The van der Waals surface area contributed by atoms with Crippen LogP contribution in [0.25, 0.3) is 0 Å². The quantitative estimate of drug-likeness (QED) is 0.661. The van der Waals surface area contributed by atoms with Crippen LogP contribution in [0.15, 0.2) is 12.7 Å². The highest BCUT2D eigenvalue weighted by molar-refractivity contribution is 7.87. The van der Waals surface area contributed by atoms with Crippen molar-refractivity contribution in [2.24, 2.45) is 11.8 Å². The molecule has 0 bridgehead atoms. The smallest absolute Gasteiger partial charge is 0.274 e. The molecule has 0 spiro atoms. The molecule has 6 heteroatoms. The monoisotopic (exact) mass is 218 g/mol. The first-order chi connectivity index (χ1) is 6.38. The summed E-state index contributed by atoms with van der Waals surface area (Å²) in [5.41, 5.74) is 0. The first-order valence-electron chi connectivity index (χ1n) is 4.25. The number of hydrogen-bond acceptors (Lipinski definition) is 3. The summed E-state index contributed by atoms with van der Waals surface area (Å²) in [6.07, 6.45) is 2.37. The lowest BCUT2D eigenvalue weighted by Gasteiger charge is -2.11. The third-order valence-corrected chi connectivity index (χ3v) is 3.61. The van der Waals surface area contributed by atoms with E-state index >= 15 is 0 Å². The number of amides is 1. The van der Waals surface area contributed by atoms with E-state index in [1.807, 2.05) is 4.72 Å². The van der Waals surface area contributed by atoms with Crippen molar-refractivity contribution in [2.75, 3.05) is 14.1 Å². The molecule has 0 unspecified atom stereocenters. The van der Waals surface area contributed by atoms with Crippen molar-refractivity contribution in [2.45, 2.75) is 6.42 Å². The van der Waals surface area contributed by atoms with E-state index in [-0.39, 0.29) is 11.8 Å². The predicted molar refractivity (Wildman–Crippen MR) is 52.5 cm³/mol. The van der Waals surface area contributed by atoms with Gasteiger partial charge in [-0.3, -0.25) is 4.79 Å². The zero-order valence-corrected chi connectivity index (χ0v) is 9.04. The maximum atomic E-state index is 11.3. The predicted octanol–water partition coefficient (Wildman–Crippen LogP) is -0.269. The first-order valence-corrected chi connectivity index (χ1v) is 5.69. The van der Waals surface area contributed by atoms with Crippen LogP contribution in [-0.4, -0.2) is 32.7 Å². The first kappa shape index (κ1) is 11.2. The van der Waals surface area contributed by atoms with Crippen LogP contribution in [0.1, 0.15) is 6.42 Å². The van der Waals surface area contributed by atoms with Crippen LogP contribution >= 0.6 is 0 Å². The zero-order valence-electron chi connectivity index (χ0n) is 8.23. The molecule has 1 N–H and O–H groups in total. The fourth-order valence-corrected chi connectivity index (χ4v) is 1.66. The molecule has 1 amide bonds. The minimum absolute atomic E-state index is 0.132. The minimum Gasteiger partial charge on any atom is -0.274 e. The van der Waals surface area contributed by atoms with Gasteiger partial charge in [-0.1, -0.05) is 6.08 Å². The molecule has 1 saturated carbocycles. The zero-order chi connectivity index (χ0) is 10.9. The van der Waals surface area contributed by atoms with Gasteiger partial charge in [0.1, 0.15) is 0 Å². The molecule has 1 fully saturated rings. The van der Waals surface area contributed by atoms with E-state index in [1.54, 1.807) is 6.08 Å². The molecule has 0 heterocycles. The fourth-order valence-electron chi connectivity index (χ4n) is 1.07. The molecule has 0 aliphatic heterocycles. The Kier molecular flexibility index (Phi) is 2.96. The Bertz CT molecular complexity index is 348. The van der Waals surface area contributed by atoms with Gasteiger partial charge in [-0.2, -0.15) is 12.7 Å². The van der Waals surface area contributed by atoms with Crippen molar-refractivity contribution < 1.29 is 13.2 Å². The van der Waals surface area contributed by atoms with Crippen LogP contribution in [0.5, 0.6) is 0 Å². The summed E-state index contributed by atoms with van der Waals surface area (Å²) in [7, 11) is -0.898. The highest BCUT2D eigenvalue weighted by Gasteiger charge is 2.42. The molecule has 0 aromatic heterocycles. The van der Waals surface area contributed by atoms with E-state index in [2.05, 4.69) is 6.58 Å². The highest BCUT2D eigenvalue weighted by Crippen LogP contribution is 2.39. The molecule has 1 rings (SSSR count). The Balaban J connectivity index is 2.55. The molecular weight excluding hydrogens is 204 g/mol. The SMILES string of the molecule is C=C[C@@H]1C[C@@H]1C(=O)NS(=O)(=O)N(C)C. The van der Waals surface area contributed by atoms with Gasteiger partial charge in [0, 0.05) is 20.0 Å². The second kappa shape index (κ2) is 3.70. The average Bonchev–Trinajstić information content (AvgIpc) is 2.81. The normalized spacial score (nSPS) is 25.9. The Morgan fingerprint density at radius 1 is 1.57 bits per heavy atom. The Hall–Kier alpha value is -0.880. The van der Waals surface area contributed by atoms with Crippen molar-refractivity contribution >= 4 is 16.1 Å². The largest absolute Gasteiger partial charge is 0.303 e. The molecule has 2 atom stereocenters. The summed E-state index contributed by atoms with van der Waals surface area (Å²) < 4.78 is 25.4. The summed E-state index contributed by atoms with van der Waals surface area (Å²) in [6.45, 7) is 3.55. The number of carbonyl (C=O) groups is 1. The molecule has 0 saturated heterocycles. The number of nitrogens with zero attached hydrogens (tertiary/aromatic N) is 1. The second-order valence-electron chi connectivity index (χ2n) is 3.50. The van der Waals surface area contributed by atoms with Gasteiger partial charge in [0.15, 0.2) is 0 Å². The molecule has 0 aromatic rings. The Morgan fingerprint density at radius 2 is 2.14 bits per heavy atom. The van der Waals surface area contributed by atoms with Crippen molar-refractivity contribution in [1.82, 2.24) is 9.03 Å². The third kappa shape index (κ3) is 2.33. The van der Waals surface area contributed by atoms with Crippen molar-refractivity contribution in [3.63, 3.8) is 0 Å². The number of carbonyl (C=O) groups excluding carboxylic acids is 1. The van der Waals surface area contributed by atoms with Gasteiger partial charge in [0.05, 0.1) is 0 Å². The molecule has 14 heavy (non-hydrogen) atoms. The number of rotatable bonds is 4. The van der Waals surface area contributed by atoms with E-state index in [9.17, 15) is 13.2 Å². The minimum atomic E-state index is -3.63. The summed E-state index contributed by atoms with van der Waals surface area (Å²) >= 11 is 0. The Labute approximate surface area is 84.0 Å².